The van der Waals surface area contributed by atoms with Crippen LogP contribution in [0.25, 0.3) is 0 Å². The van der Waals surface area contributed by atoms with Crippen LogP contribution < -0.4 is 11.1 Å². The molecule has 1 aliphatic carbocycles. The number of rotatable bonds is 7. The van der Waals surface area contributed by atoms with Crippen LogP contribution in [0, 0.1) is 15.9 Å². The van der Waals surface area contributed by atoms with Gasteiger partial charge in [-0.15, -0.1) is 0 Å². The topological polar surface area (TPSA) is 139 Å². The van der Waals surface area contributed by atoms with Crippen LogP contribution >= 0.6 is 0 Å². The Hall–Kier alpha value is -2.75. The molecule has 1 saturated carbocycles. The summed E-state index contributed by atoms with van der Waals surface area (Å²) in [6.45, 7) is 2.34. The van der Waals surface area contributed by atoms with E-state index in [1.165, 1.54) is 0 Å². The predicted octanol–water partition coefficient (Wildman–Crippen LogP) is 0.983. The number of carbonyl (C=O) groups is 2. The van der Waals surface area contributed by atoms with E-state index in [0.29, 0.717) is 25.5 Å². The van der Waals surface area contributed by atoms with E-state index in [4.69, 9.17) is 10.8 Å². The highest BCUT2D eigenvalue weighted by Gasteiger charge is 2.35. The molecule has 1 fully saturated rings. The number of nitrogens with one attached hydrogen (secondary N) is 1. The highest BCUT2D eigenvalue weighted by Crippen LogP contribution is 2.29. The van der Waals surface area contributed by atoms with Gasteiger partial charge in [0, 0.05) is 12.1 Å². The molecule has 25 heavy (non-hydrogen) atoms. The number of nitrogens with zero attached hydrogens (tertiary/aromatic N) is 2. The molecule has 136 valence electrons. The summed E-state index contributed by atoms with van der Waals surface area (Å²) in [5.41, 5.74) is 4.27. The Morgan fingerprint density at radius 1 is 1.48 bits per heavy atom. The standard InChI is InChI=1S/C15H19FN4O5/c1-2-19(7-13(21)22)10-5-9(6-10)18-15(23)11-3-8(16)4-12(14(11)17)20(24)25/h3-4,9-10H,2,5-7,17H2,1H3,(H,18,23)(H,21,22). The van der Waals surface area contributed by atoms with E-state index in [0.717, 1.165) is 6.07 Å². The van der Waals surface area contributed by atoms with Gasteiger partial charge in [-0.1, -0.05) is 6.92 Å². The lowest BCUT2D eigenvalue weighted by Crippen LogP contribution is -2.54. The van der Waals surface area contributed by atoms with Gasteiger partial charge in [0.2, 0.25) is 0 Å². The quantitative estimate of drug-likeness (QED) is 0.377. The lowest BCUT2D eigenvalue weighted by atomic mass is 9.85. The van der Waals surface area contributed by atoms with E-state index in [9.17, 15) is 24.1 Å². The fourth-order valence-electron chi connectivity index (χ4n) is 2.88. The van der Waals surface area contributed by atoms with Crippen LogP contribution in [0.2, 0.25) is 0 Å². The highest BCUT2D eigenvalue weighted by atomic mass is 19.1. The molecule has 2 rings (SSSR count). The van der Waals surface area contributed by atoms with Crippen molar-refractivity contribution in [3.63, 3.8) is 0 Å². The number of carbonyl (C=O) groups excluding carboxylic acids is 1. The van der Waals surface area contributed by atoms with Crippen LogP contribution in [0.3, 0.4) is 0 Å². The number of aliphatic carboxylic acids is 1. The zero-order chi connectivity index (χ0) is 18.7. The van der Waals surface area contributed by atoms with Crippen molar-refractivity contribution in [3.05, 3.63) is 33.6 Å². The summed E-state index contributed by atoms with van der Waals surface area (Å²) in [5.74, 6) is -2.53. The number of carboxylic acids is 1. The molecule has 0 heterocycles. The minimum absolute atomic E-state index is 0.0330. The third-order valence-electron chi connectivity index (χ3n) is 4.27. The molecule has 0 saturated heterocycles. The van der Waals surface area contributed by atoms with Crippen LogP contribution in [0.1, 0.15) is 30.1 Å². The van der Waals surface area contributed by atoms with Crippen molar-refractivity contribution in [3.8, 4) is 0 Å². The zero-order valence-electron chi connectivity index (χ0n) is 13.6. The van der Waals surface area contributed by atoms with Gasteiger partial charge in [-0.3, -0.25) is 24.6 Å². The highest BCUT2D eigenvalue weighted by molar-refractivity contribution is 6.01. The number of amides is 1. The maximum atomic E-state index is 13.5. The second-order valence-electron chi connectivity index (χ2n) is 5.90. The third kappa shape index (κ3) is 4.21. The summed E-state index contributed by atoms with van der Waals surface area (Å²) >= 11 is 0. The molecule has 1 amide bonds. The molecule has 0 aliphatic heterocycles. The van der Waals surface area contributed by atoms with Crippen molar-refractivity contribution in [2.75, 3.05) is 18.8 Å². The second-order valence-corrected chi connectivity index (χ2v) is 5.90. The van der Waals surface area contributed by atoms with E-state index < -0.39 is 28.3 Å². The summed E-state index contributed by atoms with van der Waals surface area (Å²) in [6, 6.07) is 1.33. The molecule has 0 unspecified atom stereocenters. The lowest BCUT2D eigenvalue weighted by molar-refractivity contribution is -0.384. The summed E-state index contributed by atoms with van der Waals surface area (Å²) in [5, 5.41) is 22.4. The largest absolute Gasteiger partial charge is 0.480 e. The zero-order valence-corrected chi connectivity index (χ0v) is 13.6. The van der Waals surface area contributed by atoms with Crippen molar-refractivity contribution in [2.24, 2.45) is 0 Å². The van der Waals surface area contributed by atoms with E-state index in [-0.39, 0.29) is 29.9 Å². The van der Waals surface area contributed by atoms with E-state index >= 15 is 0 Å². The smallest absolute Gasteiger partial charge is 0.317 e. The fourth-order valence-corrected chi connectivity index (χ4v) is 2.88. The van der Waals surface area contributed by atoms with Crippen molar-refractivity contribution < 1.29 is 24.0 Å². The number of nitro benzene ring substituents is 1. The molecule has 10 heteroatoms. The molecule has 0 atom stereocenters. The van der Waals surface area contributed by atoms with Crippen molar-refractivity contribution >= 4 is 23.3 Å². The van der Waals surface area contributed by atoms with Crippen molar-refractivity contribution in [1.82, 2.24) is 10.2 Å². The molecule has 9 nitrogen and oxygen atoms in total. The van der Waals surface area contributed by atoms with Crippen molar-refractivity contribution in [2.45, 2.75) is 31.8 Å². The van der Waals surface area contributed by atoms with E-state index in [1.807, 2.05) is 6.92 Å². The van der Waals surface area contributed by atoms with Gasteiger partial charge in [-0.2, -0.15) is 0 Å². The van der Waals surface area contributed by atoms with Gasteiger partial charge >= 0.3 is 5.97 Å². The Labute approximate surface area is 142 Å². The number of likely N-dealkylation sites (N-methyl/N-ethyl adjacent to an activating group) is 1. The molecule has 0 bridgehead atoms. The van der Waals surface area contributed by atoms with Gasteiger partial charge in [0.1, 0.15) is 11.5 Å². The SMILES string of the molecule is CCN(CC(=O)O)C1CC(NC(=O)c2cc(F)cc([N+](=O)[O-])c2N)C1. The number of hydrogen-bond acceptors (Lipinski definition) is 6. The van der Waals surface area contributed by atoms with Crippen molar-refractivity contribution in [1.29, 1.82) is 0 Å². The molecule has 1 aromatic rings. The minimum Gasteiger partial charge on any atom is -0.480 e. The Morgan fingerprint density at radius 2 is 2.12 bits per heavy atom. The Kier molecular flexibility index (Phi) is 5.52. The number of nitrogen functional groups attached to an aromatic ring is 1. The molecular formula is C15H19FN4O5. The maximum absolute atomic E-state index is 13.5. The molecule has 4 N–H and O–H groups in total. The average molecular weight is 354 g/mol. The van der Waals surface area contributed by atoms with E-state index in [2.05, 4.69) is 5.32 Å². The van der Waals surface area contributed by atoms with Gasteiger partial charge in [-0.05, 0) is 25.5 Å². The predicted molar refractivity (Wildman–Crippen MR) is 86.6 cm³/mol. The summed E-state index contributed by atoms with van der Waals surface area (Å²) < 4.78 is 13.5. The average Bonchev–Trinajstić information content (AvgIpc) is 2.49. The number of carboxylic acid groups (broad SMARTS) is 1. The van der Waals surface area contributed by atoms with Gasteiger partial charge in [0.05, 0.1) is 23.1 Å². The van der Waals surface area contributed by atoms with Crippen LogP contribution in [-0.4, -0.2) is 52.0 Å². The molecule has 1 aliphatic rings. The molecule has 0 radical (unpaired) electrons. The molecular weight excluding hydrogens is 335 g/mol. The first-order valence-electron chi connectivity index (χ1n) is 7.73. The maximum Gasteiger partial charge on any atom is 0.317 e. The Bertz CT molecular complexity index is 705. The Balaban J connectivity index is 2.01. The van der Waals surface area contributed by atoms with Crippen LogP contribution in [0.15, 0.2) is 12.1 Å². The third-order valence-corrected chi connectivity index (χ3v) is 4.27. The second kappa shape index (κ2) is 7.43. The summed E-state index contributed by atoms with van der Waals surface area (Å²) in [7, 11) is 0. The van der Waals surface area contributed by atoms with Gasteiger partial charge < -0.3 is 16.2 Å². The Morgan fingerprint density at radius 3 is 2.64 bits per heavy atom. The number of anilines is 1. The number of nitrogens with two attached hydrogens (primary N) is 1. The van der Waals surface area contributed by atoms with Crippen LogP contribution in [0.5, 0.6) is 0 Å². The van der Waals surface area contributed by atoms with Crippen LogP contribution in [-0.2, 0) is 4.79 Å². The van der Waals surface area contributed by atoms with E-state index in [1.54, 1.807) is 4.90 Å². The molecule has 0 aromatic heterocycles. The van der Waals surface area contributed by atoms with Gasteiger partial charge in [-0.25, -0.2) is 4.39 Å². The summed E-state index contributed by atoms with van der Waals surface area (Å²) in [4.78, 5) is 34.8. The first-order valence-corrected chi connectivity index (χ1v) is 7.73. The lowest BCUT2D eigenvalue weighted by Gasteiger charge is -2.42. The molecule has 0 spiro atoms. The first-order chi connectivity index (χ1) is 11.7. The minimum atomic E-state index is -0.922. The van der Waals surface area contributed by atoms with Crippen LogP contribution in [0.4, 0.5) is 15.8 Å². The first kappa shape index (κ1) is 18.6. The number of halogens is 1. The monoisotopic (exact) mass is 354 g/mol. The number of benzene rings is 1. The number of hydrogen-bond donors (Lipinski definition) is 3. The molecule has 1 aromatic carbocycles. The normalized spacial score (nSPS) is 19.3. The number of nitro groups is 1. The van der Waals surface area contributed by atoms with Gasteiger partial charge in [0.15, 0.2) is 0 Å². The van der Waals surface area contributed by atoms with Gasteiger partial charge in [0.25, 0.3) is 11.6 Å². The fraction of sp³-hybridized carbons (Fsp3) is 0.467. The summed E-state index contributed by atoms with van der Waals surface area (Å²) in [6.07, 6.45) is 1.09.